The molecule has 11 nitrogen and oxygen atoms in total. The number of rotatable bonds is 8. The van der Waals surface area contributed by atoms with E-state index in [1.54, 1.807) is 6.20 Å². The first-order chi connectivity index (χ1) is 12.8. The van der Waals surface area contributed by atoms with Gasteiger partial charge in [-0.2, -0.15) is 0 Å². The van der Waals surface area contributed by atoms with Crippen LogP contribution >= 0.6 is 0 Å². The van der Waals surface area contributed by atoms with Crippen LogP contribution in [0.15, 0.2) is 6.20 Å². The molecule has 2 N–H and O–H groups in total. The highest BCUT2D eigenvalue weighted by Gasteiger charge is 2.20. The standard InChI is InChI=1S/C16H26N6O5/c1-13(23)8-22-10-14(17-18-22)9-19-2-4-20(11-15(24)25)6-7-21(5-3-19)12-16(26)27/h10H,2-9,11-12H2,1H3,(H,24,25)(H,26,27). The molecule has 1 fully saturated rings. The quantitative estimate of drug-likeness (QED) is 0.545. The highest BCUT2D eigenvalue weighted by atomic mass is 16.4. The zero-order valence-electron chi connectivity index (χ0n) is 15.5. The summed E-state index contributed by atoms with van der Waals surface area (Å²) in [5, 5.41) is 26.2. The predicted octanol–water partition coefficient (Wildman–Crippen LogP) is -1.54. The summed E-state index contributed by atoms with van der Waals surface area (Å²) < 4.78 is 1.49. The van der Waals surface area contributed by atoms with Crippen LogP contribution in [0.5, 0.6) is 0 Å². The maximum absolute atomic E-state index is 11.2. The molecule has 0 radical (unpaired) electrons. The third-order valence-electron chi connectivity index (χ3n) is 4.27. The summed E-state index contributed by atoms with van der Waals surface area (Å²) in [5.74, 6) is -1.82. The van der Waals surface area contributed by atoms with Crippen LogP contribution < -0.4 is 0 Å². The second kappa shape index (κ2) is 10.1. The Morgan fingerprint density at radius 3 is 1.81 bits per heavy atom. The zero-order chi connectivity index (χ0) is 19.8. The molecule has 0 aromatic carbocycles. The highest BCUT2D eigenvalue weighted by molar-refractivity contribution is 5.75. The minimum atomic E-state index is -0.905. The number of hydrogen-bond acceptors (Lipinski definition) is 8. The smallest absolute Gasteiger partial charge is 0.317 e. The maximum Gasteiger partial charge on any atom is 0.317 e. The maximum atomic E-state index is 11.2. The molecule has 0 unspecified atom stereocenters. The number of carboxylic acids is 2. The highest BCUT2D eigenvalue weighted by Crippen LogP contribution is 2.05. The lowest BCUT2D eigenvalue weighted by Crippen LogP contribution is -2.40. The molecular formula is C16H26N6O5. The second-order valence-electron chi connectivity index (χ2n) is 6.73. The van der Waals surface area contributed by atoms with Crippen LogP contribution in [0.4, 0.5) is 0 Å². The molecule has 0 bridgehead atoms. The molecule has 0 saturated carbocycles. The van der Waals surface area contributed by atoms with Crippen LogP contribution in [0.3, 0.4) is 0 Å². The van der Waals surface area contributed by atoms with Gasteiger partial charge in [0.1, 0.15) is 6.54 Å². The van der Waals surface area contributed by atoms with E-state index in [1.165, 1.54) is 11.6 Å². The zero-order valence-corrected chi connectivity index (χ0v) is 15.5. The predicted molar refractivity (Wildman–Crippen MR) is 94.1 cm³/mol. The van der Waals surface area contributed by atoms with Crippen LogP contribution in [0, 0.1) is 0 Å². The molecule has 0 spiro atoms. The van der Waals surface area contributed by atoms with Gasteiger partial charge >= 0.3 is 11.9 Å². The van der Waals surface area contributed by atoms with Crippen molar-refractivity contribution in [3.63, 3.8) is 0 Å². The Bertz CT molecular complexity index is 635. The van der Waals surface area contributed by atoms with E-state index in [1.807, 2.05) is 9.80 Å². The lowest BCUT2D eigenvalue weighted by molar-refractivity contribution is -0.140. The van der Waals surface area contributed by atoms with Crippen LogP contribution in [0.1, 0.15) is 12.6 Å². The number of Topliss-reactive ketones (excluding diaryl/α,β-unsaturated/α-hetero) is 1. The average molecular weight is 382 g/mol. The Hall–Kier alpha value is -2.37. The number of nitrogens with zero attached hydrogens (tertiary/aromatic N) is 6. The van der Waals surface area contributed by atoms with Crippen molar-refractivity contribution in [2.75, 3.05) is 52.4 Å². The van der Waals surface area contributed by atoms with Crippen molar-refractivity contribution in [1.82, 2.24) is 29.7 Å². The van der Waals surface area contributed by atoms with E-state index < -0.39 is 11.9 Å². The normalized spacial score (nSPS) is 17.8. The summed E-state index contributed by atoms with van der Waals surface area (Å²) in [6.07, 6.45) is 1.72. The number of carboxylic acid groups (broad SMARTS) is 2. The fraction of sp³-hybridized carbons (Fsp3) is 0.688. The molecule has 1 aromatic rings. The molecule has 2 rings (SSSR count). The van der Waals surface area contributed by atoms with E-state index in [0.29, 0.717) is 51.5 Å². The minimum absolute atomic E-state index is 0.0113. The Morgan fingerprint density at radius 2 is 1.37 bits per heavy atom. The van der Waals surface area contributed by atoms with Crippen LogP contribution in [-0.4, -0.2) is 110 Å². The molecule has 0 amide bonds. The molecule has 0 atom stereocenters. The van der Waals surface area contributed by atoms with E-state index >= 15 is 0 Å². The van der Waals surface area contributed by atoms with Crippen LogP contribution in [0.2, 0.25) is 0 Å². The van der Waals surface area contributed by atoms with Gasteiger partial charge in [0.25, 0.3) is 0 Å². The van der Waals surface area contributed by atoms with Gasteiger partial charge in [0.2, 0.25) is 0 Å². The van der Waals surface area contributed by atoms with Gasteiger partial charge in [0.05, 0.1) is 25.0 Å². The number of carbonyl (C=O) groups is 3. The Balaban J connectivity index is 2.02. The summed E-state index contributed by atoms with van der Waals surface area (Å²) in [5.41, 5.74) is 0.713. The molecule has 11 heteroatoms. The third kappa shape index (κ3) is 7.81. The summed E-state index contributed by atoms with van der Waals surface area (Å²) in [4.78, 5) is 39.0. The van der Waals surface area contributed by atoms with Crippen molar-refractivity contribution in [2.45, 2.75) is 20.0 Å². The summed E-state index contributed by atoms with van der Waals surface area (Å²) in [7, 11) is 0. The van der Waals surface area contributed by atoms with E-state index in [0.717, 1.165) is 0 Å². The average Bonchev–Trinajstić information content (AvgIpc) is 3.00. The summed E-state index contributed by atoms with van der Waals surface area (Å²) >= 11 is 0. The molecule has 0 aliphatic carbocycles. The SMILES string of the molecule is CC(=O)Cn1cc(CN2CCN(CC(=O)O)CCN(CC(=O)O)CC2)nn1. The fourth-order valence-electron chi connectivity index (χ4n) is 2.99. The van der Waals surface area contributed by atoms with Crippen molar-refractivity contribution in [3.05, 3.63) is 11.9 Å². The first kappa shape index (κ1) is 20.9. The van der Waals surface area contributed by atoms with Gasteiger partial charge in [-0.05, 0) is 6.92 Å². The van der Waals surface area contributed by atoms with Gasteiger partial charge < -0.3 is 10.2 Å². The molecule has 1 saturated heterocycles. The second-order valence-corrected chi connectivity index (χ2v) is 6.73. The number of hydrogen-bond donors (Lipinski definition) is 2. The fourth-order valence-corrected chi connectivity index (χ4v) is 2.99. The van der Waals surface area contributed by atoms with Gasteiger partial charge in [-0.15, -0.1) is 5.10 Å². The lowest BCUT2D eigenvalue weighted by atomic mass is 10.3. The molecule has 1 aliphatic heterocycles. The van der Waals surface area contributed by atoms with Crippen LogP contribution in [0.25, 0.3) is 0 Å². The van der Waals surface area contributed by atoms with Crippen molar-refractivity contribution < 1.29 is 24.6 Å². The molecular weight excluding hydrogens is 356 g/mol. The van der Waals surface area contributed by atoms with Crippen molar-refractivity contribution >= 4 is 17.7 Å². The molecule has 1 aromatic heterocycles. The monoisotopic (exact) mass is 382 g/mol. The third-order valence-corrected chi connectivity index (χ3v) is 4.27. The number of carbonyl (C=O) groups excluding carboxylic acids is 1. The number of aromatic nitrogens is 3. The van der Waals surface area contributed by atoms with Gasteiger partial charge in [-0.25, -0.2) is 4.68 Å². The Morgan fingerprint density at radius 1 is 0.889 bits per heavy atom. The van der Waals surface area contributed by atoms with E-state index in [2.05, 4.69) is 15.2 Å². The van der Waals surface area contributed by atoms with E-state index in [9.17, 15) is 14.4 Å². The Labute approximate surface area is 157 Å². The largest absolute Gasteiger partial charge is 0.480 e. The lowest BCUT2D eigenvalue weighted by Gasteiger charge is -2.24. The first-order valence-corrected chi connectivity index (χ1v) is 8.81. The molecule has 1 aliphatic rings. The van der Waals surface area contributed by atoms with Crippen molar-refractivity contribution in [1.29, 1.82) is 0 Å². The minimum Gasteiger partial charge on any atom is -0.480 e. The molecule has 27 heavy (non-hydrogen) atoms. The molecule has 2 heterocycles. The number of ketones is 1. The summed E-state index contributed by atoms with van der Waals surface area (Å²) in [6.45, 7) is 5.39. The van der Waals surface area contributed by atoms with Gasteiger partial charge in [0, 0.05) is 45.8 Å². The van der Waals surface area contributed by atoms with Gasteiger partial charge in [0.15, 0.2) is 5.78 Å². The topological polar surface area (TPSA) is 132 Å². The summed E-state index contributed by atoms with van der Waals surface area (Å²) in [6, 6.07) is 0. The van der Waals surface area contributed by atoms with E-state index in [-0.39, 0.29) is 25.4 Å². The molecule has 150 valence electrons. The number of aliphatic carboxylic acids is 2. The van der Waals surface area contributed by atoms with Gasteiger partial charge in [-0.1, -0.05) is 5.21 Å². The van der Waals surface area contributed by atoms with E-state index in [4.69, 9.17) is 10.2 Å². The Kier molecular flexibility index (Phi) is 7.82. The van der Waals surface area contributed by atoms with Crippen molar-refractivity contribution in [2.24, 2.45) is 0 Å². The first-order valence-electron chi connectivity index (χ1n) is 8.81. The van der Waals surface area contributed by atoms with Crippen LogP contribution in [-0.2, 0) is 27.5 Å². The van der Waals surface area contributed by atoms with Gasteiger partial charge in [-0.3, -0.25) is 29.1 Å². The van der Waals surface area contributed by atoms with Crippen molar-refractivity contribution in [3.8, 4) is 0 Å².